The van der Waals surface area contributed by atoms with E-state index in [2.05, 4.69) is 22.8 Å². The molecule has 2 aliphatic rings. The Morgan fingerprint density at radius 2 is 1.83 bits per heavy atom. The molecule has 1 fully saturated rings. The maximum Gasteiger partial charge on any atom is 0.244 e. The Morgan fingerprint density at radius 3 is 2.54 bits per heavy atom. The summed E-state index contributed by atoms with van der Waals surface area (Å²) in [5, 5.41) is 6.15. The van der Waals surface area contributed by atoms with Gasteiger partial charge in [0.25, 0.3) is 0 Å². The Kier molecular flexibility index (Phi) is 6.63. The van der Waals surface area contributed by atoms with E-state index in [1.54, 1.807) is 6.92 Å². The third-order valence-electron chi connectivity index (χ3n) is 4.79. The zero-order chi connectivity index (χ0) is 16.2. The first-order chi connectivity index (χ1) is 11.1. The van der Waals surface area contributed by atoms with Crippen molar-refractivity contribution in [2.24, 2.45) is 0 Å². The van der Waals surface area contributed by atoms with Crippen LogP contribution in [0.15, 0.2) is 24.3 Å². The second-order valence-corrected chi connectivity index (χ2v) is 6.52. The molecule has 2 aliphatic heterocycles. The number of hydrogen-bond acceptors (Lipinski definition) is 3. The average Bonchev–Trinajstić information content (AvgIpc) is 2.61. The molecule has 6 heteroatoms. The zero-order valence-corrected chi connectivity index (χ0v) is 14.9. The highest BCUT2D eigenvalue weighted by Gasteiger charge is 2.28. The Hall–Kier alpha value is -1.59. The molecule has 132 valence electrons. The van der Waals surface area contributed by atoms with Crippen LogP contribution >= 0.6 is 12.4 Å². The van der Waals surface area contributed by atoms with Crippen molar-refractivity contribution < 1.29 is 9.59 Å². The first-order valence-electron chi connectivity index (χ1n) is 8.54. The minimum atomic E-state index is -0.459. The summed E-state index contributed by atoms with van der Waals surface area (Å²) >= 11 is 0. The standard InChI is InChI=1S/C18H25N3O2.ClH/c1-13(18(23)21-9-5-2-6-10-21)20-17(22)16-11-14-7-3-4-8-15(14)12-19-16;/h3-4,7-8,13,16,19H,2,5-6,9-12H2,1H3,(H,20,22);1H. The molecule has 1 aromatic rings. The normalized spacial score (nSPS) is 21.2. The number of nitrogens with one attached hydrogen (secondary N) is 2. The van der Waals surface area contributed by atoms with Crippen molar-refractivity contribution in [3.05, 3.63) is 35.4 Å². The van der Waals surface area contributed by atoms with E-state index in [9.17, 15) is 9.59 Å². The highest BCUT2D eigenvalue weighted by Crippen LogP contribution is 2.16. The quantitative estimate of drug-likeness (QED) is 0.870. The maximum atomic E-state index is 12.5. The van der Waals surface area contributed by atoms with Crippen molar-refractivity contribution in [2.45, 2.75) is 51.2 Å². The summed E-state index contributed by atoms with van der Waals surface area (Å²) in [5.41, 5.74) is 2.45. The molecule has 2 atom stereocenters. The fourth-order valence-electron chi connectivity index (χ4n) is 3.40. The smallest absolute Gasteiger partial charge is 0.244 e. The van der Waals surface area contributed by atoms with Gasteiger partial charge in [0.2, 0.25) is 11.8 Å². The highest BCUT2D eigenvalue weighted by atomic mass is 35.5. The van der Waals surface area contributed by atoms with Crippen LogP contribution in [-0.4, -0.2) is 41.9 Å². The number of likely N-dealkylation sites (tertiary alicyclic amines) is 1. The summed E-state index contributed by atoms with van der Waals surface area (Å²) in [4.78, 5) is 26.7. The monoisotopic (exact) mass is 351 g/mol. The van der Waals surface area contributed by atoms with E-state index >= 15 is 0 Å². The Balaban J connectivity index is 0.00000208. The Bertz CT molecular complexity index is 587. The summed E-state index contributed by atoms with van der Waals surface area (Å²) < 4.78 is 0. The molecule has 0 aromatic heterocycles. The molecule has 3 rings (SSSR count). The van der Waals surface area contributed by atoms with Gasteiger partial charge < -0.3 is 15.5 Å². The van der Waals surface area contributed by atoms with Gasteiger partial charge in [0.15, 0.2) is 0 Å². The van der Waals surface area contributed by atoms with Gasteiger partial charge in [-0.2, -0.15) is 0 Å². The first-order valence-corrected chi connectivity index (χ1v) is 8.54. The molecule has 0 spiro atoms. The zero-order valence-electron chi connectivity index (χ0n) is 14.1. The molecular formula is C18H26ClN3O2. The lowest BCUT2D eigenvalue weighted by atomic mass is 9.95. The van der Waals surface area contributed by atoms with Crippen molar-refractivity contribution in [3.63, 3.8) is 0 Å². The maximum absolute atomic E-state index is 12.5. The molecule has 1 aromatic carbocycles. The fourth-order valence-corrected chi connectivity index (χ4v) is 3.40. The molecule has 0 bridgehead atoms. The third-order valence-corrected chi connectivity index (χ3v) is 4.79. The minimum Gasteiger partial charge on any atom is -0.343 e. The van der Waals surface area contributed by atoms with Crippen LogP contribution in [0.2, 0.25) is 0 Å². The number of carbonyl (C=O) groups excluding carboxylic acids is 2. The molecule has 2 heterocycles. The molecule has 0 aliphatic carbocycles. The minimum absolute atomic E-state index is 0. The SMILES string of the molecule is CC(NC(=O)C1Cc2ccccc2CN1)C(=O)N1CCCCC1.Cl. The third kappa shape index (κ3) is 4.28. The van der Waals surface area contributed by atoms with Crippen LogP contribution in [-0.2, 0) is 22.6 Å². The van der Waals surface area contributed by atoms with Gasteiger partial charge >= 0.3 is 0 Å². The van der Waals surface area contributed by atoms with Gasteiger partial charge in [-0.1, -0.05) is 24.3 Å². The van der Waals surface area contributed by atoms with Gasteiger partial charge in [0.05, 0.1) is 6.04 Å². The van der Waals surface area contributed by atoms with Gasteiger partial charge in [0, 0.05) is 19.6 Å². The van der Waals surface area contributed by atoms with Crippen LogP contribution in [0.4, 0.5) is 0 Å². The molecule has 2 unspecified atom stereocenters. The summed E-state index contributed by atoms with van der Waals surface area (Å²) in [7, 11) is 0. The number of hydrogen-bond donors (Lipinski definition) is 2. The van der Waals surface area contributed by atoms with Crippen LogP contribution in [0.1, 0.15) is 37.3 Å². The number of amides is 2. The fraction of sp³-hybridized carbons (Fsp3) is 0.556. The van der Waals surface area contributed by atoms with Crippen LogP contribution in [0.25, 0.3) is 0 Å². The molecule has 24 heavy (non-hydrogen) atoms. The molecule has 1 saturated heterocycles. The van der Waals surface area contributed by atoms with Gasteiger partial charge in [-0.05, 0) is 43.7 Å². The summed E-state index contributed by atoms with van der Waals surface area (Å²) in [6, 6.07) is 7.45. The summed E-state index contributed by atoms with van der Waals surface area (Å²) in [6.45, 7) is 4.11. The number of rotatable bonds is 3. The number of fused-ring (bicyclic) bond motifs is 1. The van der Waals surface area contributed by atoms with Crippen LogP contribution < -0.4 is 10.6 Å². The van der Waals surface area contributed by atoms with E-state index in [4.69, 9.17) is 0 Å². The first kappa shape index (κ1) is 18.7. The van der Waals surface area contributed by atoms with Crippen LogP contribution in [0, 0.1) is 0 Å². The number of halogens is 1. The number of piperidine rings is 1. The second-order valence-electron chi connectivity index (χ2n) is 6.52. The van der Waals surface area contributed by atoms with E-state index in [0.717, 1.165) is 25.9 Å². The second kappa shape index (κ2) is 8.49. The van der Waals surface area contributed by atoms with Gasteiger partial charge in [-0.25, -0.2) is 0 Å². The highest BCUT2D eigenvalue weighted by molar-refractivity contribution is 5.89. The van der Waals surface area contributed by atoms with Crippen molar-refractivity contribution in [1.82, 2.24) is 15.5 Å². The van der Waals surface area contributed by atoms with E-state index < -0.39 is 6.04 Å². The van der Waals surface area contributed by atoms with Crippen molar-refractivity contribution >= 4 is 24.2 Å². The van der Waals surface area contributed by atoms with Crippen LogP contribution in [0.5, 0.6) is 0 Å². The van der Waals surface area contributed by atoms with Gasteiger partial charge in [0.1, 0.15) is 6.04 Å². The van der Waals surface area contributed by atoms with Crippen molar-refractivity contribution in [2.75, 3.05) is 13.1 Å². The van der Waals surface area contributed by atoms with Gasteiger partial charge in [-0.15, -0.1) is 12.4 Å². The average molecular weight is 352 g/mol. The van der Waals surface area contributed by atoms with Crippen molar-refractivity contribution in [3.8, 4) is 0 Å². The molecule has 5 nitrogen and oxygen atoms in total. The molecule has 2 amide bonds. The van der Waals surface area contributed by atoms with E-state index in [1.807, 2.05) is 17.0 Å². The van der Waals surface area contributed by atoms with E-state index in [0.29, 0.717) is 13.0 Å². The Labute approximate surface area is 149 Å². The lowest BCUT2D eigenvalue weighted by molar-refractivity contribution is -0.137. The lowest BCUT2D eigenvalue weighted by Crippen LogP contribution is -2.54. The van der Waals surface area contributed by atoms with Crippen molar-refractivity contribution in [1.29, 1.82) is 0 Å². The number of carbonyl (C=O) groups is 2. The predicted molar refractivity (Wildman–Crippen MR) is 96.1 cm³/mol. The molecule has 2 N–H and O–H groups in total. The Morgan fingerprint density at radius 1 is 1.17 bits per heavy atom. The van der Waals surface area contributed by atoms with Crippen LogP contribution in [0.3, 0.4) is 0 Å². The van der Waals surface area contributed by atoms with Gasteiger partial charge in [-0.3, -0.25) is 9.59 Å². The molecular weight excluding hydrogens is 326 g/mol. The topological polar surface area (TPSA) is 61.4 Å². The lowest BCUT2D eigenvalue weighted by Gasteiger charge is -2.31. The number of nitrogens with zero attached hydrogens (tertiary/aromatic N) is 1. The predicted octanol–water partition coefficient (Wildman–Crippen LogP) is 1.64. The molecule has 0 saturated carbocycles. The largest absolute Gasteiger partial charge is 0.343 e. The molecule has 0 radical (unpaired) electrons. The van der Waals surface area contributed by atoms with E-state index in [1.165, 1.54) is 17.5 Å². The summed E-state index contributed by atoms with van der Waals surface area (Å²) in [6.07, 6.45) is 3.99. The van der Waals surface area contributed by atoms with E-state index in [-0.39, 0.29) is 30.3 Å². The summed E-state index contributed by atoms with van der Waals surface area (Å²) in [5.74, 6) is -0.0494. The number of benzene rings is 1.